The van der Waals surface area contributed by atoms with Gasteiger partial charge in [-0.2, -0.15) is 4.72 Å². The minimum absolute atomic E-state index is 0.0343. The van der Waals surface area contributed by atoms with E-state index in [1.54, 1.807) is 11.3 Å². The van der Waals surface area contributed by atoms with Crippen LogP contribution in [0.2, 0.25) is 0 Å². The highest BCUT2D eigenvalue weighted by molar-refractivity contribution is 9.59. The molecule has 0 bridgehead atoms. The van der Waals surface area contributed by atoms with Crippen LogP contribution in [-0.2, 0) is 8.55 Å². The molecule has 13 heavy (non-hydrogen) atoms. The van der Waals surface area contributed by atoms with Gasteiger partial charge in [0.25, 0.3) is 23.4 Å². The summed E-state index contributed by atoms with van der Waals surface area (Å²) >= 11 is 5.23. The van der Waals surface area contributed by atoms with E-state index in [1.165, 1.54) is 15.3 Å². The second kappa shape index (κ2) is 3.05. The van der Waals surface area contributed by atoms with Crippen molar-refractivity contribution >= 4 is 61.4 Å². The monoisotopic (exact) mass is 291 g/mol. The first-order chi connectivity index (χ1) is 6.34. The molecule has 2 nitrogen and oxygen atoms in total. The molecule has 6 heteroatoms. The first-order valence-corrected chi connectivity index (χ1v) is 8.84. The molecule has 1 aromatic heterocycles. The number of rotatable bonds is 0. The quantitative estimate of drug-likeness (QED) is 0.593. The summed E-state index contributed by atoms with van der Waals surface area (Å²) in [5.74, 6) is 0. The zero-order valence-corrected chi connectivity index (χ0v) is 10.3. The number of nitrogens with one attached hydrogen (secondary N) is 1. The van der Waals surface area contributed by atoms with Crippen molar-refractivity contribution in [1.29, 1.82) is 0 Å². The van der Waals surface area contributed by atoms with E-state index in [4.69, 9.17) is 0 Å². The third-order valence-corrected chi connectivity index (χ3v) is 6.54. The minimum Gasteiger partial charge on any atom is -0.242 e. The molecule has 1 unspecified atom stereocenters. The largest absolute Gasteiger partial charge is 0.281 e. The summed E-state index contributed by atoms with van der Waals surface area (Å²) in [6.07, 6.45) is 0. The smallest absolute Gasteiger partial charge is 0.242 e. The van der Waals surface area contributed by atoms with E-state index in [-0.39, 0.29) is 8.55 Å². The van der Waals surface area contributed by atoms with E-state index in [1.807, 2.05) is 16.3 Å². The second-order valence-electron chi connectivity index (χ2n) is 2.55. The minimum atomic E-state index is 0.0343. The Morgan fingerprint density at radius 3 is 3.31 bits per heavy atom. The van der Waals surface area contributed by atoms with Gasteiger partial charge in [-0.3, -0.25) is 0 Å². The van der Waals surface area contributed by atoms with Gasteiger partial charge in [0.2, 0.25) is 0 Å². The second-order valence-corrected chi connectivity index (χ2v) is 9.42. The molecule has 66 valence electrons. The van der Waals surface area contributed by atoms with Crippen LogP contribution < -0.4 is 4.72 Å². The number of hydrogen-bond acceptors (Lipinski definition) is 4. The number of benzene rings is 1. The maximum absolute atomic E-state index is 4.35. The van der Waals surface area contributed by atoms with Crippen molar-refractivity contribution in [1.82, 2.24) is 4.98 Å². The van der Waals surface area contributed by atoms with Crippen molar-refractivity contribution in [2.75, 3.05) is 4.72 Å². The fourth-order valence-corrected chi connectivity index (χ4v) is 5.96. The van der Waals surface area contributed by atoms with E-state index in [2.05, 4.69) is 36.7 Å². The van der Waals surface area contributed by atoms with E-state index >= 15 is 0 Å². The Morgan fingerprint density at radius 2 is 2.38 bits per heavy atom. The lowest BCUT2D eigenvalue weighted by atomic mass is 10.3. The maximum atomic E-state index is 4.35. The molecule has 1 aliphatic heterocycles. The molecule has 0 saturated carbocycles. The molecule has 1 atom stereocenters. The number of aromatic nitrogens is 1. The number of nitrogens with zero attached hydrogens (tertiary/aromatic N) is 1. The lowest BCUT2D eigenvalue weighted by molar-refractivity contribution is 1.45. The van der Waals surface area contributed by atoms with Crippen molar-refractivity contribution < 1.29 is 0 Å². The van der Waals surface area contributed by atoms with E-state index in [9.17, 15) is 0 Å². The van der Waals surface area contributed by atoms with Crippen molar-refractivity contribution in [3.63, 3.8) is 0 Å². The van der Waals surface area contributed by atoms with Crippen LogP contribution in [-0.4, -0.2) is 4.98 Å². The fraction of sp³-hybridized carbons (Fsp3) is 0. The molecule has 0 amide bonds. The van der Waals surface area contributed by atoms with Gasteiger partial charge in [-0.15, -0.1) is 11.3 Å². The van der Waals surface area contributed by atoms with Crippen molar-refractivity contribution in [2.24, 2.45) is 0 Å². The van der Waals surface area contributed by atoms with Crippen LogP contribution in [0, 0.1) is 0 Å². The normalized spacial score (nSPS) is 20.2. The van der Waals surface area contributed by atoms with E-state index in [0.29, 0.717) is 0 Å². The maximum Gasteiger partial charge on any atom is 0.281 e. The number of halogens is 1. The molecule has 0 saturated heterocycles. The highest BCUT2D eigenvalue weighted by atomic mass is 79.9. The number of hydrogen-bond donors (Lipinski definition) is 1. The fourth-order valence-electron chi connectivity index (χ4n) is 1.26. The van der Waals surface area contributed by atoms with Crippen LogP contribution in [0.3, 0.4) is 0 Å². The topological polar surface area (TPSA) is 24.9 Å². The standard InChI is InChI=1S/C7H4BrN2S3/c8-13-10-7-5(12-13)2-1-4-6(7)9-3-11-4/h1-3,10H/q+1. The molecule has 0 fully saturated rings. The van der Waals surface area contributed by atoms with Gasteiger partial charge >= 0.3 is 0 Å². The van der Waals surface area contributed by atoms with Gasteiger partial charge in [0.15, 0.2) is 10.8 Å². The van der Waals surface area contributed by atoms with Crippen LogP contribution in [0.15, 0.2) is 22.5 Å². The lowest BCUT2D eigenvalue weighted by Gasteiger charge is -1.92. The summed E-state index contributed by atoms with van der Waals surface area (Å²) in [5.41, 5.74) is 4.18. The van der Waals surface area contributed by atoms with Gasteiger partial charge in [-0.25, -0.2) is 4.98 Å². The first kappa shape index (κ1) is 8.40. The summed E-state index contributed by atoms with van der Waals surface area (Å²) in [5, 5.41) is 0. The molecular weight excluding hydrogens is 288 g/mol. The Labute approximate surface area is 93.2 Å². The summed E-state index contributed by atoms with van der Waals surface area (Å²) < 4.78 is 4.63. The van der Waals surface area contributed by atoms with Crippen LogP contribution >= 0.6 is 36.9 Å². The molecule has 0 aliphatic carbocycles. The molecule has 0 radical (unpaired) electrons. The van der Waals surface area contributed by atoms with Gasteiger partial charge < -0.3 is 0 Å². The Balaban J connectivity index is 2.34. The van der Waals surface area contributed by atoms with Gasteiger partial charge in [0.05, 0.1) is 15.1 Å². The zero-order valence-electron chi connectivity index (χ0n) is 6.28. The lowest BCUT2D eigenvalue weighted by Crippen LogP contribution is -1.92. The Bertz CT molecular complexity index is 470. The van der Waals surface area contributed by atoms with Crippen molar-refractivity contribution in [2.45, 2.75) is 4.90 Å². The zero-order chi connectivity index (χ0) is 8.84. The molecule has 2 aromatic rings. The predicted octanol–water partition coefficient (Wildman–Crippen LogP) is 3.57. The van der Waals surface area contributed by atoms with Gasteiger partial charge in [-0.05, 0) is 12.1 Å². The highest BCUT2D eigenvalue weighted by Gasteiger charge is 2.33. The summed E-state index contributed by atoms with van der Waals surface area (Å²) in [4.78, 5) is 5.64. The van der Waals surface area contributed by atoms with Gasteiger partial charge in [0.1, 0.15) is 11.2 Å². The molecule has 1 aliphatic rings. The molecule has 1 aromatic carbocycles. The first-order valence-electron chi connectivity index (χ1n) is 3.56. The third kappa shape index (κ3) is 1.27. The molecule has 1 N–H and O–H groups in total. The summed E-state index contributed by atoms with van der Waals surface area (Å²) in [7, 11) is 1.84. The predicted molar refractivity (Wildman–Crippen MR) is 65.4 cm³/mol. The van der Waals surface area contributed by atoms with Crippen LogP contribution in [0.4, 0.5) is 5.69 Å². The summed E-state index contributed by atoms with van der Waals surface area (Å²) in [6.45, 7) is 0. The Hall–Kier alpha value is 0.0900. The number of fused-ring (bicyclic) bond motifs is 3. The van der Waals surface area contributed by atoms with Crippen LogP contribution in [0.1, 0.15) is 0 Å². The number of thiazole rings is 1. The van der Waals surface area contributed by atoms with E-state index in [0.717, 1.165) is 5.52 Å². The van der Waals surface area contributed by atoms with Crippen molar-refractivity contribution in [3.05, 3.63) is 17.6 Å². The molecule has 3 rings (SSSR count). The number of anilines is 1. The molecule has 0 spiro atoms. The van der Waals surface area contributed by atoms with Gasteiger partial charge in [0, 0.05) is 0 Å². The Morgan fingerprint density at radius 1 is 1.46 bits per heavy atom. The summed E-state index contributed by atoms with van der Waals surface area (Å²) in [6, 6.07) is 4.29. The average molecular weight is 292 g/mol. The molecule has 2 heterocycles. The Kier molecular flexibility index (Phi) is 1.97. The molecular formula is C7H4BrN2S3+. The SMILES string of the molecule is Br[S+]1Nc2c(ccc3scnc23)S1. The average Bonchev–Trinajstić information content (AvgIpc) is 2.65. The van der Waals surface area contributed by atoms with Gasteiger partial charge in [-0.1, -0.05) is 0 Å². The van der Waals surface area contributed by atoms with Crippen molar-refractivity contribution in [3.8, 4) is 0 Å². The van der Waals surface area contributed by atoms with Crippen LogP contribution in [0.5, 0.6) is 0 Å². The van der Waals surface area contributed by atoms with Crippen LogP contribution in [0.25, 0.3) is 10.2 Å². The van der Waals surface area contributed by atoms with E-state index < -0.39 is 0 Å². The third-order valence-electron chi connectivity index (χ3n) is 1.81. The highest BCUT2D eigenvalue weighted by Crippen LogP contribution is 2.47.